The molecule has 13 nitrogen and oxygen atoms in total. The third kappa shape index (κ3) is 13.2. The highest BCUT2D eigenvalue weighted by Crippen LogP contribution is 2.40. The van der Waals surface area contributed by atoms with E-state index in [1.165, 1.54) is 53.1 Å². The molecule has 340 valence electrons. The van der Waals surface area contributed by atoms with Gasteiger partial charge in [0.05, 0.1) is 40.8 Å². The first-order chi connectivity index (χ1) is 29.3. The van der Waals surface area contributed by atoms with E-state index in [0.717, 1.165) is 31.9 Å². The largest absolute Gasteiger partial charge is 0.491 e. The van der Waals surface area contributed by atoms with Crippen LogP contribution in [-0.4, -0.2) is 105 Å². The number of piperazine rings is 1. The number of sulfonamides is 1. The van der Waals surface area contributed by atoms with Crippen molar-refractivity contribution in [2.24, 2.45) is 11.8 Å². The van der Waals surface area contributed by atoms with Crippen LogP contribution in [0.25, 0.3) is 0 Å². The van der Waals surface area contributed by atoms with Crippen molar-refractivity contribution in [1.82, 2.24) is 14.8 Å². The van der Waals surface area contributed by atoms with Gasteiger partial charge >= 0.3 is 18.7 Å². The van der Waals surface area contributed by atoms with Crippen LogP contribution in [-0.2, 0) is 25.9 Å². The maximum absolute atomic E-state index is 14.1. The van der Waals surface area contributed by atoms with Gasteiger partial charge in [-0.1, -0.05) is 29.3 Å². The Kier molecular flexibility index (Phi) is 15.4. The molecule has 0 N–H and O–H groups in total. The molecule has 1 amide bonds. The van der Waals surface area contributed by atoms with Gasteiger partial charge in [-0.2, -0.15) is 8.78 Å². The minimum atomic E-state index is -3.83. The molecule has 2 aromatic carbocycles. The van der Waals surface area contributed by atoms with E-state index < -0.39 is 34.3 Å². The number of esters is 1. The topological polar surface area (TPSA) is 137 Å². The quantitative estimate of drug-likeness (QED) is 0.107. The summed E-state index contributed by atoms with van der Waals surface area (Å²) in [5.74, 6) is -0.0586. The minimum absolute atomic E-state index is 0.00771. The van der Waals surface area contributed by atoms with Crippen LogP contribution in [0.2, 0.25) is 10.0 Å². The van der Waals surface area contributed by atoms with Gasteiger partial charge in [-0.3, -0.25) is 14.2 Å². The van der Waals surface area contributed by atoms with Crippen LogP contribution < -0.4 is 18.5 Å². The van der Waals surface area contributed by atoms with Crippen LogP contribution in [0, 0.1) is 11.8 Å². The molecule has 3 fully saturated rings. The Morgan fingerprint density at radius 3 is 2.15 bits per heavy atom. The lowest BCUT2D eigenvalue weighted by atomic mass is 10.0. The first kappa shape index (κ1) is 47.4. The van der Waals surface area contributed by atoms with Gasteiger partial charge in [0.15, 0.2) is 11.5 Å². The molecule has 62 heavy (non-hydrogen) atoms. The third-order valence-electron chi connectivity index (χ3n) is 10.9. The predicted molar refractivity (Wildman–Crippen MR) is 232 cm³/mol. The molecule has 3 atom stereocenters. The second-order valence-electron chi connectivity index (χ2n) is 17.5. The number of carbonyl (C=O) groups excluding carboxylic acids is 2. The molecule has 2 saturated carbocycles. The van der Waals surface area contributed by atoms with E-state index in [9.17, 15) is 26.8 Å². The summed E-state index contributed by atoms with van der Waals surface area (Å²) >= 11 is 13.0. The fraction of sp³-hybridized carbons (Fsp3) is 0.568. The minimum Gasteiger partial charge on any atom is -0.491 e. The molecule has 0 bridgehead atoms. The smallest absolute Gasteiger partial charge is 0.410 e. The summed E-state index contributed by atoms with van der Waals surface area (Å²) in [4.78, 5) is 35.0. The molecule has 18 heteroatoms. The zero-order valence-electron chi connectivity index (χ0n) is 36.0. The Morgan fingerprint density at radius 2 is 1.55 bits per heavy atom. The molecular formula is C44H56Cl2F2N4O9S. The standard InChI is InChI=1S/C44H56Cl2F2N4O9S/c1-27-24-51(43(54)61-44(3,4)5)28(2)23-50(27)16-7-17-52(62(6,55)56)36-14-12-32(19-39(36)57-25-29-8-9-29)41(53)59-38(20-33-34(45)21-49-22-35(33)46)31-13-15-37(60-42(47)48)40(18-31)58-26-30-10-11-30/h12-15,18-19,21-22,27-30,38,42H,7-11,16-17,20,23-26H2,1-6H3/t27-,28+,38?/m0/s1. The second-order valence-corrected chi connectivity index (χ2v) is 20.2. The third-order valence-corrected chi connectivity index (χ3v) is 12.7. The van der Waals surface area contributed by atoms with Gasteiger partial charge in [0, 0.05) is 57.1 Å². The Morgan fingerprint density at radius 1 is 0.903 bits per heavy atom. The van der Waals surface area contributed by atoms with Crippen LogP contribution in [0.1, 0.15) is 94.3 Å². The number of benzene rings is 2. The molecule has 2 aliphatic carbocycles. The number of carbonyl (C=O) groups is 2. The van der Waals surface area contributed by atoms with E-state index in [1.54, 1.807) is 4.90 Å². The first-order valence-electron chi connectivity index (χ1n) is 20.9. The lowest BCUT2D eigenvalue weighted by Gasteiger charge is -2.44. The van der Waals surface area contributed by atoms with Crippen LogP contribution >= 0.6 is 23.2 Å². The van der Waals surface area contributed by atoms with Crippen molar-refractivity contribution in [3.8, 4) is 17.2 Å². The number of pyridine rings is 1. The van der Waals surface area contributed by atoms with E-state index in [1.807, 2.05) is 34.6 Å². The Bertz CT molecular complexity index is 2150. The van der Waals surface area contributed by atoms with Crippen molar-refractivity contribution in [1.29, 1.82) is 0 Å². The van der Waals surface area contributed by atoms with Gasteiger partial charge in [-0.15, -0.1) is 0 Å². The SMILES string of the molecule is C[C@@H]1CN(CCCN(c2ccc(C(=O)OC(Cc3c(Cl)cncc3Cl)c3ccc(OC(F)F)c(OCC4CC4)c3)cc2OCC2CC2)S(C)(=O)=O)[C@@H](C)CN1C(=O)OC(C)(C)C. The summed E-state index contributed by atoms with van der Waals surface area (Å²) in [6, 6.07) is 8.73. The van der Waals surface area contributed by atoms with Crippen LogP contribution in [0.5, 0.6) is 17.2 Å². The van der Waals surface area contributed by atoms with Gasteiger partial charge in [-0.05, 0) is 120 Å². The van der Waals surface area contributed by atoms with Crippen LogP contribution in [0.15, 0.2) is 48.8 Å². The number of nitrogens with zero attached hydrogens (tertiary/aromatic N) is 4. The number of hydrogen-bond donors (Lipinski definition) is 0. The van der Waals surface area contributed by atoms with Gasteiger partial charge < -0.3 is 28.6 Å². The zero-order valence-corrected chi connectivity index (χ0v) is 38.3. The highest BCUT2D eigenvalue weighted by molar-refractivity contribution is 7.92. The lowest BCUT2D eigenvalue weighted by molar-refractivity contribution is -0.0515. The van der Waals surface area contributed by atoms with E-state index in [-0.39, 0.29) is 69.7 Å². The van der Waals surface area contributed by atoms with Gasteiger partial charge in [0.1, 0.15) is 17.5 Å². The first-order valence-corrected chi connectivity index (χ1v) is 23.5. The molecule has 2 heterocycles. The maximum Gasteiger partial charge on any atom is 0.410 e. The summed E-state index contributed by atoms with van der Waals surface area (Å²) in [5, 5.41) is 0.462. The number of hydrogen-bond acceptors (Lipinski definition) is 11. The number of aromatic nitrogens is 1. The molecule has 0 spiro atoms. The van der Waals surface area contributed by atoms with Crippen molar-refractivity contribution < 1.29 is 50.5 Å². The van der Waals surface area contributed by atoms with Crippen molar-refractivity contribution in [2.75, 3.05) is 50.0 Å². The fourth-order valence-corrected chi connectivity index (χ4v) is 8.68. The second kappa shape index (κ2) is 20.2. The molecule has 3 aliphatic rings. The van der Waals surface area contributed by atoms with Gasteiger partial charge in [0.25, 0.3) is 0 Å². The summed E-state index contributed by atoms with van der Waals surface area (Å²) < 4.78 is 83.6. The number of amides is 1. The molecule has 1 unspecified atom stereocenters. The summed E-state index contributed by atoms with van der Waals surface area (Å²) in [6.07, 6.45) is 6.87. The van der Waals surface area contributed by atoms with E-state index in [2.05, 4.69) is 9.88 Å². The van der Waals surface area contributed by atoms with Gasteiger partial charge in [-0.25, -0.2) is 18.0 Å². The summed E-state index contributed by atoms with van der Waals surface area (Å²) in [6.45, 7) is 8.81. The molecule has 1 aromatic heterocycles. The van der Waals surface area contributed by atoms with Crippen LogP contribution in [0.3, 0.4) is 0 Å². The van der Waals surface area contributed by atoms with E-state index in [4.69, 9.17) is 46.9 Å². The molecule has 1 aliphatic heterocycles. The van der Waals surface area contributed by atoms with Crippen molar-refractivity contribution in [2.45, 2.75) is 104 Å². The molecule has 3 aromatic rings. The molecule has 1 saturated heterocycles. The number of alkyl halides is 2. The maximum atomic E-state index is 14.1. The number of rotatable bonds is 19. The molecular weight excluding hydrogens is 869 g/mol. The van der Waals surface area contributed by atoms with E-state index >= 15 is 0 Å². The van der Waals surface area contributed by atoms with Crippen LogP contribution in [0.4, 0.5) is 19.3 Å². The van der Waals surface area contributed by atoms with Gasteiger partial charge in [0.2, 0.25) is 10.0 Å². The summed E-state index contributed by atoms with van der Waals surface area (Å²) in [7, 11) is -3.83. The normalized spacial score (nSPS) is 18.9. The lowest BCUT2D eigenvalue weighted by Crippen LogP contribution is -2.58. The monoisotopic (exact) mass is 924 g/mol. The molecule has 0 radical (unpaired) electrons. The number of halogens is 4. The summed E-state index contributed by atoms with van der Waals surface area (Å²) in [5.41, 5.74) is 0.585. The Labute approximate surface area is 372 Å². The van der Waals surface area contributed by atoms with E-state index in [0.29, 0.717) is 62.2 Å². The highest BCUT2D eigenvalue weighted by Gasteiger charge is 2.35. The van der Waals surface area contributed by atoms with Crippen molar-refractivity contribution >= 4 is 51.0 Å². The Hall–Kier alpha value is -4.12. The fourth-order valence-electron chi connectivity index (χ4n) is 7.19. The predicted octanol–water partition coefficient (Wildman–Crippen LogP) is 9.19. The Balaban J connectivity index is 1.23. The number of ether oxygens (including phenoxy) is 5. The average molecular weight is 926 g/mol. The number of anilines is 1. The van der Waals surface area contributed by atoms with Crippen molar-refractivity contribution in [3.63, 3.8) is 0 Å². The molecule has 6 rings (SSSR count). The zero-order chi connectivity index (χ0) is 44.9. The average Bonchev–Trinajstić information content (AvgIpc) is 4.13. The van der Waals surface area contributed by atoms with Crippen molar-refractivity contribution in [3.05, 3.63) is 75.5 Å². The highest BCUT2D eigenvalue weighted by atomic mass is 35.5.